The molecule has 0 saturated carbocycles. The van der Waals surface area contributed by atoms with Crippen molar-refractivity contribution in [2.45, 2.75) is 37.4 Å². The van der Waals surface area contributed by atoms with Crippen molar-refractivity contribution >= 4 is 21.6 Å². The highest BCUT2D eigenvalue weighted by atomic mass is 33.1. The molecule has 0 aliphatic carbocycles. The lowest BCUT2D eigenvalue weighted by Crippen LogP contribution is -2.19. The summed E-state index contributed by atoms with van der Waals surface area (Å²) in [6, 6.07) is 0. The van der Waals surface area contributed by atoms with Crippen LogP contribution in [0.25, 0.3) is 0 Å². The van der Waals surface area contributed by atoms with Gasteiger partial charge in [-0.1, -0.05) is 41.2 Å². The molecular formula is C12H22N2S2. The van der Waals surface area contributed by atoms with Gasteiger partial charge in [-0.3, -0.25) is 0 Å². The van der Waals surface area contributed by atoms with Gasteiger partial charge in [0.25, 0.3) is 0 Å². The fraction of sp³-hybridized carbons (Fsp3) is 0.667. The lowest BCUT2D eigenvalue weighted by molar-refractivity contribution is 0.633. The molecule has 1 saturated heterocycles. The summed E-state index contributed by atoms with van der Waals surface area (Å²) in [5.41, 5.74) is 7.23. The maximum Gasteiger partial charge on any atom is 0.0536 e. The molecule has 1 atom stereocenters. The van der Waals surface area contributed by atoms with E-state index in [2.05, 4.69) is 29.3 Å². The van der Waals surface area contributed by atoms with Gasteiger partial charge in [0.05, 0.1) is 6.54 Å². The monoisotopic (exact) mass is 258 g/mol. The van der Waals surface area contributed by atoms with Crippen molar-refractivity contribution in [3.8, 4) is 0 Å². The van der Waals surface area contributed by atoms with Crippen LogP contribution in [0.15, 0.2) is 24.6 Å². The van der Waals surface area contributed by atoms with Crippen molar-refractivity contribution < 1.29 is 0 Å². The lowest BCUT2D eigenvalue weighted by Gasteiger charge is -2.10. The Kier molecular flexibility index (Phi) is 6.88. The van der Waals surface area contributed by atoms with Crippen LogP contribution in [0.1, 0.15) is 32.1 Å². The highest BCUT2D eigenvalue weighted by Crippen LogP contribution is 2.39. The Hall–Kier alpha value is -0.220. The molecule has 1 aliphatic heterocycles. The van der Waals surface area contributed by atoms with Gasteiger partial charge in [0.2, 0.25) is 0 Å². The molecule has 1 unspecified atom stereocenters. The largest absolute Gasteiger partial charge is 0.401 e. The number of unbranched alkanes of at least 4 members (excludes halogenated alkanes) is 1. The predicted molar refractivity (Wildman–Crippen MR) is 77.4 cm³/mol. The molecule has 0 aromatic heterocycles. The van der Waals surface area contributed by atoms with E-state index in [1.165, 1.54) is 31.4 Å². The average molecular weight is 258 g/mol. The third kappa shape index (κ3) is 6.38. The molecule has 0 radical (unpaired) electrons. The van der Waals surface area contributed by atoms with E-state index in [1.54, 1.807) is 0 Å². The van der Waals surface area contributed by atoms with Gasteiger partial charge in [0.15, 0.2) is 0 Å². The van der Waals surface area contributed by atoms with E-state index >= 15 is 0 Å². The molecule has 3 N–H and O–H groups in total. The molecule has 0 aromatic carbocycles. The van der Waals surface area contributed by atoms with Crippen LogP contribution in [0.3, 0.4) is 0 Å². The van der Waals surface area contributed by atoms with Crippen LogP contribution < -0.4 is 11.1 Å². The minimum Gasteiger partial charge on any atom is -0.401 e. The molecule has 92 valence electrons. The van der Waals surface area contributed by atoms with Crippen LogP contribution in [0.5, 0.6) is 0 Å². The lowest BCUT2D eigenvalue weighted by atomic mass is 10.1. The van der Waals surface area contributed by atoms with E-state index < -0.39 is 0 Å². The summed E-state index contributed by atoms with van der Waals surface area (Å²) >= 11 is 0. The zero-order valence-corrected chi connectivity index (χ0v) is 11.5. The van der Waals surface area contributed by atoms with Crippen LogP contribution in [0, 0.1) is 0 Å². The number of hydrogen-bond acceptors (Lipinski definition) is 4. The van der Waals surface area contributed by atoms with Gasteiger partial charge in [-0.15, -0.1) is 0 Å². The molecular weight excluding hydrogens is 236 g/mol. The molecule has 16 heavy (non-hydrogen) atoms. The first kappa shape index (κ1) is 13.8. The molecule has 0 aromatic rings. The fourth-order valence-corrected chi connectivity index (χ4v) is 4.63. The van der Waals surface area contributed by atoms with Gasteiger partial charge in [0.1, 0.15) is 0 Å². The molecule has 0 spiro atoms. The molecule has 1 heterocycles. The second kappa shape index (κ2) is 7.96. The summed E-state index contributed by atoms with van der Waals surface area (Å²) in [5.74, 6) is 1.34. The number of hydrogen-bond donors (Lipinski definition) is 2. The standard InChI is InChI=1S/C12H22N2S2/c1-10(13)9-14-11(2)5-3-4-6-12-7-8-15-16-12/h12,14H,1-9,13H2. The van der Waals surface area contributed by atoms with E-state index in [1.807, 2.05) is 10.8 Å². The highest BCUT2D eigenvalue weighted by molar-refractivity contribution is 8.77. The second-order valence-electron chi connectivity index (χ2n) is 4.19. The van der Waals surface area contributed by atoms with Crippen molar-refractivity contribution in [1.82, 2.24) is 5.32 Å². The van der Waals surface area contributed by atoms with Gasteiger partial charge in [-0.2, -0.15) is 0 Å². The normalized spacial score (nSPS) is 19.6. The molecule has 2 nitrogen and oxygen atoms in total. The topological polar surface area (TPSA) is 38.0 Å². The van der Waals surface area contributed by atoms with E-state index in [9.17, 15) is 0 Å². The van der Waals surface area contributed by atoms with E-state index in [0.717, 1.165) is 17.4 Å². The zero-order valence-electron chi connectivity index (χ0n) is 9.84. The van der Waals surface area contributed by atoms with Crippen LogP contribution in [-0.4, -0.2) is 17.5 Å². The molecule has 4 heteroatoms. The molecule has 1 aliphatic rings. The number of allylic oxidation sites excluding steroid dienone is 1. The van der Waals surface area contributed by atoms with E-state index in [0.29, 0.717) is 12.2 Å². The summed E-state index contributed by atoms with van der Waals surface area (Å²) in [6.45, 7) is 8.27. The van der Waals surface area contributed by atoms with Gasteiger partial charge in [0, 0.05) is 22.4 Å². The average Bonchev–Trinajstić information content (AvgIpc) is 2.74. The second-order valence-corrected chi connectivity index (χ2v) is 6.98. The molecule has 0 bridgehead atoms. The number of nitrogens with one attached hydrogen (secondary N) is 1. The Morgan fingerprint density at radius 3 is 2.81 bits per heavy atom. The summed E-state index contributed by atoms with van der Waals surface area (Å²) in [6.07, 6.45) is 6.33. The first-order valence-electron chi connectivity index (χ1n) is 5.81. The van der Waals surface area contributed by atoms with E-state index in [-0.39, 0.29) is 0 Å². The fourth-order valence-electron chi connectivity index (χ4n) is 1.60. The SMILES string of the molecule is C=C(N)CNC(=C)CCCCC1CCSS1. The Balaban J connectivity index is 1.93. The molecule has 1 fully saturated rings. The smallest absolute Gasteiger partial charge is 0.0536 e. The first-order valence-corrected chi connectivity index (χ1v) is 8.20. The summed E-state index contributed by atoms with van der Waals surface area (Å²) in [5, 5.41) is 4.08. The van der Waals surface area contributed by atoms with Gasteiger partial charge in [-0.05, 0) is 25.7 Å². The maximum atomic E-state index is 5.48. The van der Waals surface area contributed by atoms with Crippen molar-refractivity contribution in [2.24, 2.45) is 5.73 Å². The van der Waals surface area contributed by atoms with Crippen molar-refractivity contribution in [3.05, 3.63) is 24.6 Å². The molecule has 1 rings (SSSR count). The minimum atomic E-state index is 0.647. The third-order valence-corrected chi connectivity index (χ3v) is 5.55. The quantitative estimate of drug-likeness (QED) is 0.517. The number of nitrogens with two attached hydrogens (primary N) is 1. The summed E-state index contributed by atoms with van der Waals surface area (Å²) in [7, 11) is 4.09. The van der Waals surface area contributed by atoms with Crippen molar-refractivity contribution in [3.63, 3.8) is 0 Å². The Morgan fingerprint density at radius 2 is 2.19 bits per heavy atom. The van der Waals surface area contributed by atoms with Crippen LogP contribution in [-0.2, 0) is 0 Å². The van der Waals surface area contributed by atoms with E-state index in [4.69, 9.17) is 5.73 Å². The van der Waals surface area contributed by atoms with Gasteiger partial charge < -0.3 is 11.1 Å². The summed E-state index contributed by atoms with van der Waals surface area (Å²) < 4.78 is 0. The maximum absolute atomic E-state index is 5.48. The highest BCUT2D eigenvalue weighted by Gasteiger charge is 2.15. The Labute approximate surface area is 107 Å². The minimum absolute atomic E-state index is 0.647. The van der Waals surface area contributed by atoms with Crippen molar-refractivity contribution in [1.29, 1.82) is 0 Å². The van der Waals surface area contributed by atoms with Crippen LogP contribution >= 0.6 is 21.6 Å². The van der Waals surface area contributed by atoms with Crippen LogP contribution in [0.4, 0.5) is 0 Å². The Bertz CT molecular complexity index is 235. The van der Waals surface area contributed by atoms with Gasteiger partial charge >= 0.3 is 0 Å². The predicted octanol–water partition coefficient (Wildman–Crippen LogP) is 3.28. The number of rotatable bonds is 8. The van der Waals surface area contributed by atoms with Crippen molar-refractivity contribution in [2.75, 3.05) is 12.3 Å². The first-order chi connectivity index (χ1) is 7.68. The third-order valence-electron chi connectivity index (χ3n) is 2.55. The van der Waals surface area contributed by atoms with Gasteiger partial charge in [-0.25, -0.2) is 0 Å². The molecule has 0 amide bonds. The Morgan fingerprint density at radius 1 is 1.38 bits per heavy atom. The van der Waals surface area contributed by atoms with Crippen LogP contribution in [0.2, 0.25) is 0 Å². The summed E-state index contributed by atoms with van der Waals surface area (Å²) in [4.78, 5) is 0. The zero-order chi connectivity index (χ0) is 11.8.